The molecule has 1 aliphatic rings. The molecule has 3 aromatic rings. The first-order valence-corrected chi connectivity index (χ1v) is 9.71. The molecular weight excluding hydrogens is 363 g/mol. The van der Waals surface area contributed by atoms with Crippen LogP contribution in [0.5, 0.6) is 0 Å². The summed E-state index contributed by atoms with van der Waals surface area (Å²) in [6.07, 6.45) is 3.76. The van der Waals surface area contributed by atoms with E-state index in [2.05, 4.69) is 9.97 Å². The van der Waals surface area contributed by atoms with Crippen LogP contribution >= 0.6 is 11.3 Å². The first-order chi connectivity index (χ1) is 13.2. The molecule has 1 amide bonds. The first kappa shape index (κ1) is 17.6. The number of amides is 1. The Bertz CT molecular complexity index is 922. The quantitative estimate of drug-likeness (QED) is 0.695. The third-order valence-corrected chi connectivity index (χ3v) is 5.58. The van der Waals surface area contributed by atoms with E-state index >= 15 is 0 Å². The van der Waals surface area contributed by atoms with E-state index in [9.17, 15) is 9.18 Å². The van der Waals surface area contributed by atoms with Gasteiger partial charge < -0.3 is 9.80 Å². The van der Waals surface area contributed by atoms with E-state index in [-0.39, 0.29) is 11.7 Å². The van der Waals surface area contributed by atoms with Crippen molar-refractivity contribution >= 4 is 22.9 Å². The lowest BCUT2D eigenvalue weighted by Crippen LogP contribution is -2.49. The van der Waals surface area contributed by atoms with Crippen molar-refractivity contribution in [3.63, 3.8) is 0 Å². The number of para-hydroxylation sites is 1. The number of aromatic nitrogens is 2. The molecular formula is C20H19FN4OS. The van der Waals surface area contributed by atoms with Crippen LogP contribution in [0, 0.1) is 5.82 Å². The largest absolute Gasteiger partial charge is 0.366 e. The van der Waals surface area contributed by atoms with E-state index in [1.807, 2.05) is 33.4 Å². The van der Waals surface area contributed by atoms with E-state index in [1.54, 1.807) is 24.5 Å². The standard InChI is InChI=1S/C20H19FN4OS/c21-17-3-1-2-4-18(17)24-9-11-25(12-10-24)19(26)13-16-14-27-20(23-16)15-5-7-22-8-6-15/h1-8,14H,9-13H2. The van der Waals surface area contributed by atoms with E-state index in [0.717, 1.165) is 16.3 Å². The van der Waals surface area contributed by atoms with Gasteiger partial charge in [0, 0.05) is 49.5 Å². The highest BCUT2D eigenvalue weighted by atomic mass is 32.1. The summed E-state index contributed by atoms with van der Waals surface area (Å²) in [6.45, 7) is 2.45. The van der Waals surface area contributed by atoms with Gasteiger partial charge in [-0.25, -0.2) is 9.37 Å². The summed E-state index contributed by atoms with van der Waals surface area (Å²) in [7, 11) is 0. The van der Waals surface area contributed by atoms with Crippen LogP contribution in [-0.2, 0) is 11.2 Å². The molecule has 7 heteroatoms. The molecule has 27 heavy (non-hydrogen) atoms. The van der Waals surface area contributed by atoms with Gasteiger partial charge in [-0.3, -0.25) is 9.78 Å². The molecule has 3 heterocycles. The van der Waals surface area contributed by atoms with Gasteiger partial charge in [-0.2, -0.15) is 0 Å². The number of benzene rings is 1. The maximum atomic E-state index is 13.9. The molecule has 0 N–H and O–H groups in total. The minimum atomic E-state index is -0.219. The molecule has 0 aliphatic carbocycles. The second-order valence-corrected chi connectivity index (χ2v) is 7.23. The van der Waals surface area contributed by atoms with Gasteiger partial charge in [0.15, 0.2) is 0 Å². The predicted octanol–water partition coefficient (Wildman–Crippen LogP) is 3.24. The van der Waals surface area contributed by atoms with Gasteiger partial charge in [0.1, 0.15) is 10.8 Å². The molecule has 2 aromatic heterocycles. The molecule has 0 saturated carbocycles. The lowest BCUT2D eigenvalue weighted by Gasteiger charge is -2.36. The molecule has 1 aromatic carbocycles. The fraction of sp³-hybridized carbons (Fsp3) is 0.250. The van der Waals surface area contributed by atoms with Crippen molar-refractivity contribution in [2.45, 2.75) is 6.42 Å². The van der Waals surface area contributed by atoms with Crippen molar-refractivity contribution in [2.75, 3.05) is 31.1 Å². The molecule has 0 atom stereocenters. The Morgan fingerprint density at radius 3 is 2.56 bits per heavy atom. The van der Waals surface area contributed by atoms with Crippen molar-refractivity contribution in [1.29, 1.82) is 0 Å². The van der Waals surface area contributed by atoms with E-state index in [4.69, 9.17) is 0 Å². The van der Waals surface area contributed by atoms with Gasteiger partial charge in [-0.05, 0) is 24.3 Å². The Kier molecular flexibility index (Phi) is 5.11. The average Bonchev–Trinajstić information content (AvgIpc) is 3.18. The summed E-state index contributed by atoms with van der Waals surface area (Å²) >= 11 is 1.53. The van der Waals surface area contributed by atoms with Crippen molar-refractivity contribution in [2.24, 2.45) is 0 Å². The zero-order chi connectivity index (χ0) is 18.6. The van der Waals surface area contributed by atoms with Gasteiger partial charge >= 0.3 is 0 Å². The maximum absolute atomic E-state index is 13.9. The van der Waals surface area contributed by atoms with Crippen LogP contribution in [0.2, 0.25) is 0 Å². The van der Waals surface area contributed by atoms with Gasteiger partial charge in [0.25, 0.3) is 0 Å². The Hall–Kier alpha value is -2.80. The number of thiazole rings is 1. The fourth-order valence-electron chi connectivity index (χ4n) is 3.19. The minimum Gasteiger partial charge on any atom is -0.366 e. The highest BCUT2D eigenvalue weighted by Crippen LogP contribution is 2.24. The molecule has 1 fully saturated rings. The maximum Gasteiger partial charge on any atom is 0.228 e. The molecule has 0 bridgehead atoms. The summed E-state index contributed by atoms with van der Waals surface area (Å²) in [5, 5.41) is 2.83. The minimum absolute atomic E-state index is 0.0646. The lowest BCUT2D eigenvalue weighted by atomic mass is 10.2. The zero-order valence-electron chi connectivity index (χ0n) is 14.7. The molecule has 0 unspecified atom stereocenters. The molecule has 138 valence electrons. The van der Waals surface area contributed by atoms with Gasteiger partial charge in [0.2, 0.25) is 5.91 Å². The van der Waals surface area contributed by atoms with Gasteiger partial charge in [-0.1, -0.05) is 12.1 Å². The van der Waals surface area contributed by atoms with Gasteiger partial charge in [-0.15, -0.1) is 11.3 Å². The molecule has 4 rings (SSSR count). The molecule has 1 saturated heterocycles. The Morgan fingerprint density at radius 2 is 1.81 bits per heavy atom. The van der Waals surface area contributed by atoms with Crippen LogP contribution < -0.4 is 4.90 Å². The topological polar surface area (TPSA) is 49.3 Å². The Morgan fingerprint density at radius 1 is 1.07 bits per heavy atom. The van der Waals surface area contributed by atoms with Crippen LogP contribution in [0.4, 0.5) is 10.1 Å². The number of nitrogens with zero attached hydrogens (tertiary/aromatic N) is 4. The first-order valence-electron chi connectivity index (χ1n) is 8.83. The number of carbonyl (C=O) groups is 1. The number of hydrogen-bond donors (Lipinski definition) is 0. The summed E-state index contributed by atoms with van der Waals surface area (Å²) in [5.41, 5.74) is 2.40. The second-order valence-electron chi connectivity index (χ2n) is 6.38. The second kappa shape index (κ2) is 7.84. The summed E-state index contributed by atoms with van der Waals surface area (Å²) < 4.78 is 13.9. The summed E-state index contributed by atoms with van der Waals surface area (Å²) in [5.74, 6) is -0.154. The number of piperazine rings is 1. The highest BCUT2D eigenvalue weighted by Gasteiger charge is 2.23. The number of halogens is 1. The fourth-order valence-corrected chi connectivity index (χ4v) is 4.01. The third-order valence-electron chi connectivity index (χ3n) is 4.64. The van der Waals surface area contributed by atoms with E-state index in [0.29, 0.717) is 38.3 Å². The van der Waals surface area contributed by atoms with Crippen LogP contribution in [0.15, 0.2) is 54.2 Å². The van der Waals surface area contributed by atoms with Crippen molar-refractivity contribution in [1.82, 2.24) is 14.9 Å². The van der Waals surface area contributed by atoms with Crippen molar-refractivity contribution in [3.05, 3.63) is 65.7 Å². The van der Waals surface area contributed by atoms with Crippen molar-refractivity contribution < 1.29 is 9.18 Å². The third kappa shape index (κ3) is 3.98. The van der Waals surface area contributed by atoms with E-state index < -0.39 is 0 Å². The Labute approximate surface area is 161 Å². The predicted molar refractivity (Wildman–Crippen MR) is 104 cm³/mol. The molecule has 1 aliphatic heterocycles. The number of pyridine rings is 1. The van der Waals surface area contributed by atoms with Crippen LogP contribution in [-0.4, -0.2) is 47.0 Å². The number of anilines is 1. The van der Waals surface area contributed by atoms with Crippen LogP contribution in [0.25, 0.3) is 10.6 Å². The van der Waals surface area contributed by atoms with Crippen LogP contribution in [0.3, 0.4) is 0 Å². The summed E-state index contributed by atoms with van der Waals surface area (Å²) in [6, 6.07) is 10.6. The normalized spacial score (nSPS) is 14.4. The van der Waals surface area contributed by atoms with Gasteiger partial charge in [0.05, 0.1) is 17.8 Å². The lowest BCUT2D eigenvalue weighted by molar-refractivity contribution is -0.130. The number of hydrogen-bond acceptors (Lipinski definition) is 5. The smallest absolute Gasteiger partial charge is 0.228 e. The number of carbonyl (C=O) groups excluding carboxylic acids is 1. The Balaban J connectivity index is 1.35. The summed E-state index contributed by atoms with van der Waals surface area (Å²) in [4.78, 5) is 25.0. The number of rotatable bonds is 4. The van der Waals surface area contributed by atoms with E-state index in [1.165, 1.54) is 17.4 Å². The molecule has 5 nitrogen and oxygen atoms in total. The van der Waals surface area contributed by atoms with Crippen LogP contribution in [0.1, 0.15) is 5.69 Å². The molecule has 0 spiro atoms. The average molecular weight is 382 g/mol. The molecule has 0 radical (unpaired) electrons. The zero-order valence-corrected chi connectivity index (χ0v) is 15.5. The SMILES string of the molecule is O=C(Cc1csc(-c2ccncc2)n1)N1CCN(c2ccccc2F)CC1. The van der Waals surface area contributed by atoms with Crippen molar-refractivity contribution in [3.8, 4) is 10.6 Å². The monoisotopic (exact) mass is 382 g/mol. The highest BCUT2D eigenvalue weighted by molar-refractivity contribution is 7.13.